The monoisotopic (exact) mass is 363 g/mol. The smallest absolute Gasteiger partial charge is 0.307 e. The number of hydrogen-bond donors (Lipinski definition) is 0. The van der Waals surface area contributed by atoms with Crippen molar-refractivity contribution in [3.8, 4) is 0 Å². The molecule has 1 aromatic rings. The Kier molecular flexibility index (Phi) is 10.6. The van der Waals surface area contributed by atoms with Crippen LogP contribution in [0.1, 0.15) is 61.0 Å². The van der Waals surface area contributed by atoms with Crippen LogP contribution in [0.3, 0.4) is 0 Å². The summed E-state index contributed by atoms with van der Waals surface area (Å²) in [6.45, 7) is 10.6. The molecule has 0 fully saturated rings. The predicted octanol–water partition coefficient (Wildman–Crippen LogP) is 3.91. The summed E-state index contributed by atoms with van der Waals surface area (Å²) < 4.78 is 10.6. The normalized spacial score (nSPS) is 10.6. The highest BCUT2D eigenvalue weighted by molar-refractivity contribution is 5.94. The maximum absolute atomic E-state index is 12.9. The van der Waals surface area contributed by atoms with Crippen LogP contribution >= 0.6 is 0 Å². The Morgan fingerprint density at radius 3 is 2.38 bits per heavy atom. The summed E-state index contributed by atoms with van der Waals surface area (Å²) in [6, 6.07) is 5.71. The minimum Gasteiger partial charge on any atom is -0.466 e. The van der Waals surface area contributed by atoms with E-state index in [1.54, 1.807) is 11.8 Å². The van der Waals surface area contributed by atoms with Crippen molar-refractivity contribution in [2.75, 3.05) is 32.9 Å². The molecule has 1 amide bonds. The first-order valence-electron chi connectivity index (χ1n) is 9.59. The van der Waals surface area contributed by atoms with E-state index in [4.69, 9.17) is 9.47 Å². The van der Waals surface area contributed by atoms with Gasteiger partial charge in [-0.15, -0.1) is 0 Å². The standard InChI is InChI=1S/C21H33NO4/c1-5-7-14-25-15-8-12-22(13-11-20(23)26-6-2)21(24)19-10-9-17(3)18(4)16-19/h9-10,16H,5-8,11-15H2,1-4H3. The SMILES string of the molecule is CCCCOCCCN(CCC(=O)OCC)C(=O)c1ccc(C)c(C)c1. The van der Waals surface area contributed by atoms with Gasteiger partial charge in [-0.3, -0.25) is 9.59 Å². The number of esters is 1. The molecule has 146 valence electrons. The highest BCUT2D eigenvalue weighted by Gasteiger charge is 2.17. The first-order chi connectivity index (χ1) is 12.5. The number of aryl methyl sites for hydroxylation is 2. The molecule has 0 aliphatic heterocycles. The van der Waals surface area contributed by atoms with Gasteiger partial charge in [-0.2, -0.15) is 0 Å². The van der Waals surface area contributed by atoms with E-state index in [1.807, 2.05) is 32.0 Å². The van der Waals surface area contributed by atoms with E-state index < -0.39 is 0 Å². The molecular weight excluding hydrogens is 330 g/mol. The van der Waals surface area contributed by atoms with Gasteiger partial charge in [-0.25, -0.2) is 0 Å². The molecule has 0 atom stereocenters. The lowest BCUT2D eigenvalue weighted by atomic mass is 10.1. The quantitative estimate of drug-likeness (QED) is 0.417. The Bertz CT molecular complexity index is 571. The predicted molar refractivity (Wildman–Crippen MR) is 103 cm³/mol. The lowest BCUT2D eigenvalue weighted by Crippen LogP contribution is -2.34. The third kappa shape index (κ3) is 8.00. The summed E-state index contributed by atoms with van der Waals surface area (Å²) in [7, 11) is 0. The molecule has 5 nitrogen and oxygen atoms in total. The van der Waals surface area contributed by atoms with Crippen molar-refractivity contribution in [2.24, 2.45) is 0 Å². The number of unbranched alkanes of at least 4 members (excludes halogenated alkanes) is 1. The van der Waals surface area contributed by atoms with Gasteiger partial charge in [0.05, 0.1) is 13.0 Å². The average Bonchev–Trinajstić information content (AvgIpc) is 2.62. The van der Waals surface area contributed by atoms with Crippen molar-refractivity contribution in [3.05, 3.63) is 34.9 Å². The Morgan fingerprint density at radius 1 is 1.00 bits per heavy atom. The number of ether oxygens (including phenoxy) is 2. The molecule has 0 saturated heterocycles. The van der Waals surface area contributed by atoms with Crippen LogP contribution in [-0.4, -0.2) is 49.7 Å². The topological polar surface area (TPSA) is 55.8 Å². The number of nitrogens with zero attached hydrogens (tertiary/aromatic N) is 1. The molecule has 0 aliphatic carbocycles. The molecule has 0 unspecified atom stereocenters. The van der Waals surface area contributed by atoms with E-state index in [2.05, 4.69) is 6.92 Å². The minimum absolute atomic E-state index is 0.0500. The summed E-state index contributed by atoms with van der Waals surface area (Å²) >= 11 is 0. The van der Waals surface area contributed by atoms with Crippen molar-refractivity contribution < 1.29 is 19.1 Å². The van der Waals surface area contributed by atoms with Crippen molar-refractivity contribution in [3.63, 3.8) is 0 Å². The molecule has 0 saturated carbocycles. The van der Waals surface area contributed by atoms with Gasteiger partial charge in [-0.1, -0.05) is 19.4 Å². The highest BCUT2D eigenvalue weighted by atomic mass is 16.5. The first-order valence-corrected chi connectivity index (χ1v) is 9.59. The minimum atomic E-state index is -0.274. The summed E-state index contributed by atoms with van der Waals surface area (Å²) in [6.07, 6.45) is 3.12. The van der Waals surface area contributed by atoms with Crippen molar-refractivity contribution in [2.45, 2.75) is 53.4 Å². The maximum atomic E-state index is 12.9. The van der Waals surface area contributed by atoms with Crippen LogP contribution in [0.2, 0.25) is 0 Å². The molecule has 0 aromatic heterocycles. The summed E-state index contributed by atoms with van der Waals surface area (Å²) in [5.74, 6) is -0.324. The molecule has 1 rings (SSSR count). The lowest BCUT2D eigenvalue weighted by molar-refractivity contribution is -0.143. The molecule has 0 aliphatic rings. The van der Waals surface area contributed by atoms with Crippen LogP contribution < -0.4 is 0 Å². The zero-order valence-corrected chi connectivity index (χ0v) is 16.7. The molecule has 0 radical (unpaired) electrons. The van der Waals surface area contributed by atoms with E-state index in [9.17, 15) is 9.59 Å². The van der Waals surface area contributed by atoms with E-state index in [0.29, 0.717) is 31.9 Å². The number of carbonyl (C=O) groups excluding carboxylic acids is 2. The molecule has 26 heavy (non-hydrogen) atoms. The van der Waals surface area contributed by atoms with Crippen molar-refractivity contribution >= 4 is 11.9 Å². The molecule has 5 heteroatoms. The first kappa shape index (κ1) is 22.2. The number of benzene rings is 1. The Morgan fingerprint density at radius 2 is 1.73 bits per heavy atom. The van der Waals surface area contributed by atoms with Gasteiger partial charge in [0.2, 0.25) is 0 Å². The van der Waals surface area contributed by atoms with Crippen LogP contribution in [0.25, 0.3) is 0 Å². The average molecular weight is 363 g/mol. The van der Waals surface area contributed by atoms with Crippen LogP contribution in [-0.2, 0) is 14.3 Å². The van der Waals surface area contributed by atoms with E-state index in [-0.39, 0.29) is 18.3 Å². The van der Waals surface area contributed by atoms with Gasteiger partial charge in [0.25, 0.3) is 5.91 Å². The van der Waals surface area contributed by atoms with Gasteiger partial charge >= 0.3 is 5.97 Å². The Balaban J connectivity index is 2.66. The molecular formula is C21H33NO4. The Labute approximate surface area is 157 Å². The summed E-state index contributed by atoms with van der Waals surface area (Å²) in [5, 5.41) is 0. The molecule has 1 aromatic carbocycles. The van der Waals surface area contributed by atoms with Crippen LogP contribution in [0.4, 0.5) is 0 Å². The van der Waals surface area contributed by atoms with Crippen molar-refractivity contribution in [1.29, 1.82) is 0 Å². The fourth-order valence-electron chi connectivity index (χ4n) is 2.54. The van der Waals surface area contributed by atoms with Gasteiger partial charge in [0, 0.05) is 31.9 Å². The van der Waals surface area contributed by atoms with Gasteiger partial charge in [-0.05, 0) is 56.9 Å². The largest absolute Gasteiger partial charge is 0.466 e. The second-order valence-corrected chi connectivity index (χ2v) is 6.47. The van der Waals surface area contributed by atoms with Gasteiger partial charge < -0.3 is 14.4 Å². The second-order valence-electron chi connectivity index (χ2n) is 6.47. The molecule has 0 bridgehead atoms. The second kappa shape index (κ2) is 12.5. The van der Waals surface area contributed by atoms with Crippen molar-refractivity contribution in [1.82, 2.24) is 4.90 Å². The van der Waals surface area contributed by atoms with E-state index in [1.165, 1.54) is 0 Å². The third-order valence-electron chi connectivity index (χ3n) is 4.29. The fourth-order valence-corrected chi connectivity index (χ4v) is 2.54. The van der Waals surface area contributed by atoms with Gasteiger partial charge in [0.1, 0.15) is 0 Å². The summed E-state index contributed by atoms with van der Waals surface area (Å²) in [5.41, 5.74) is 2.90. The van der Waals surface area contributed by atoms with E-state index >= 15 is 0 Å². The van der Waals surface area contributed by atoms with Crippen LogP contribution in [0.15, 0.2) is 18.2 Å². The number of hydrogen-bond acceptors (Lipinski definition) is 4. The van der Waals surface area contributed by atoms with Crippen LogP contribution in [0, 0.1) is 13.8 Å². The number of rotatable bonds is 12. The highest BCUT2D eigenvalue weighted by Crippen LogP contribution is 2.13. The molecule has 0 heterocycles. The van der Waals surface area contributed by atoms with Gasteiger partial charge in [0.15, 0.2) is 0 Å². The van der Waals surface area contributed by atoms with Crippen LogP contribution in [0.5, 0.6) is 0 Å². The maximum Gasteiger partial charge on any atom is 0.307 e. The zero-order valence-electron chi connectivity index (χ0n) is 16.7. The summed E-state index contributed by atoms with van der Waals surface area (Å²) in [4.78, 5) is 26.3. The number of carbonyl (C=O) groups is 2. The molecule has 0 spiro atoms. The third-order valence-corrected chi connectivity index (χ3v) is 4.29. The number of amides is 1. The Hall–Kier alpha value is -1.88. The lowest BCUT2D eigenvalue weighted by Gasteiger charge is -2.23. The fraction of sp³-hybridized carbons (Fsp3) is 0.619. The van der Waals surface area contributed by atoms with E-state index in [0.717, 1.165) is 37.0 Å². The molecule has 0 N–H and O–H groups in total. The zero-order chi connectivity index (χ0) is 19.4.